The maximum absolute atomic E-state index is 14.5. The van der Waals surface area contributed by atoms with Gasteiger partial charge in [0, 0.05) is 10.7 Å². The third-order valence-corrected chi connectivity index (χ3v) is 3.98. The zero-order valence-corrected chi connectivity index (χ0v) is 12.9. The van der Waals surface area contributed by atoms with E-state index in [9.17, 15) is 4.39 Å². The van der Waals surface area contributed by atoms with Crippen molar-refractivity contribution in [3.8, 4) is 0 Å². The summed E-state index contributed by atoms with van der Waals surface area (Å²) in [4.78, 5) is 3.36. The van der Waals surface area contributed by atoms with Crippen LogP contribution in [0.25, 0.3) is 0 Å². The lowest BCUT2D eigenvalue weighted by atomic mass is 10.1. The quantitative estimate of drug-likeness (QED) is 0.843. The number of fused-ring (bicyclic) bond motifs is 1. The number of rotatable bonds is 4. The Balaban J connectivity index is 1.97. The van der Waals surface area contributed by atoms with Gasteiger partial charge in [0.2, 0.25) is 0 Å². The topological polar surface area (TPSA) is 59.0 Å². The van der Waals surface area contributed by atoms with Gasteiger partial charge in [0.25, 0.3) is 0 Å². The first-order chi connectivity index (χ1) is 10.6. The zero-order valence-electron chi connectivity index (χ0n) is 12.2. The van der Waals surface area contributed by atoms with E-state index in [1.165, 1.54) is 0 Å². The standard InChI is InChI=1S/C15H17ClFN5/c1-2-3-13(17)22-9-21(11-6-4-10(16)5-7-11)14(18)12-8-19-20-15(12)22/h4-8,13,18H,2-3,9H2,1H3,(H,19,20). The Morgan fingerprint density at radius 2 is 2.14 bits per heavy atom. The summed E-state index contributed by atoms with van der Waals surface area (Å²) in [5.74, 6) is 0.863. The number of halogens is 2. The molecule has 0 amide bonds. The predicted molar refractivity (Wildman–Crippen MR) is 86.5 cm³/mol. The molecule has 7 heteroatoms. The van der Waals surface area contributed by atoms with Crippen LogP contribution in [0.3, 0.4) is 0 Å². The maximum Gasteiger partial charge on any atom is 0.175 e. The van der Waals surface area contributed by atoms with Crippen molar-refractivity contribution in [2.75, 3.05) is 16.5 Å². The highest BCUT2D eigenvalue weighted by atomic mass is 35.5. The Morgan fingerprint density at radius 3 is 2.82 bits per heavy atom. The van der Waals surface area contributed by atoms with E-state index in [0.717, 1.165) is 12.1 Å². The molecule has 3 rings (SSSR count). The number of hydrogen-bond acceptors (Lipinski definition) is 3. The van der Waals surface area contributed by atoms with Crippen molar-refractivity contribution < 1.29 is 4.39 Å². The predicted octanol–water partition coefficient (Wildman–Crippen LogP) is 3.77. The van der Waals surface area contributed by atoms with Crippen molar-refractivity contribution in [1.82, 2.24) is 10.2 Å². The normalized spacial score (nSPS) is 15.9. The van der Waals surface area contributed by atoms with Crippen molar-refractivity contribution in [3.63, 3.8) is 0 Å². The summed E-state index contributed by atoms with van der Waals surface area (Å²) in [5.41, 5.74) is 1.40. The first-order valence-corrected chi connectivity index (χ1v) is 7.55. The lowest BCUT2D eigenvalue weighted by molar-refractivity contribution is 0.296. The fraction of sp³-hybridized carbons (Fsp3) is 0.333. The van der Waals surface area contributed by atoms with Gasteiger partial charge in [-0.1, -0.05) is 24.9 Å². The van der Waals surface area contributed by atoms with Crippen molar-refractivity contribution >= 4 is 28.9 Å². The number of alkyl halides is 1. The molecule has 0 aliphatic carbocycles. The first-order valence-electron chi connectivity index (χ1n) is 7.18. The minimum Gasteiger partial charge on any atom is -0.308 e. The van der Waals surface area contributed by atoms with Crippen LogP contribution in [0, 0.1) is 5.41 Å². The highest BCUT2D eigenvalue weighted by Crippen LogP contribution is 2.31. The number of hydrogen-bond donors (Lipinski definition) is 2. The summed E-state index contributed by atoms with van der Waals surface area (Å²) in [6, 6.07) is 7.18. The lowest BCUT2D eigenvalue weighted by Crippen LogP contribution is -2.49. The molecule has 1 aromatic heterocycles. The Morgan fingerprint density at radius 1 is 1.41 bits per heavy atom. The Bertz CT molecular complexity index is 669. The van der Waals surface area contributed by atoms with Crippen LogP contribution in [0.1, 0.15) is 25.3 Å². The second-order valence-corrected chi connectivity index (χ2v) is 5.66. The Labute approximate surface area is 133 Å². The fourth-order valence-electron chi connectivity index (χ4n) is 2.57. The van der Waals surface area contributed by atoms with Gasteiger partial charge in [-0.15, -0.1) is 0 Å². The van der Waals surface area contributed by atoms with Crippen LogP contribution in [0.5, 0.6) is 0 Å². The van der Waals surface area contributed by atoms with Gasteiger partial charge in [0.1, 0.15) is 18.3 Å². The molecule has 1 aromatic carbocycles. The average Bonchev–Trinajstić information content (AvgIpc) is 2.99. The molecule has 1 atom stereocenters. The molecule has 0 saturated carbocycles. The number of nitrogens with one attached hydrogen (secondary N) is 2. The number of amidine groups is 1. The van der Waals surface area contributed by atoms with Gasteiger partial charge in [-0.25, -0.2) is 4.39 Å². The SMILES string of the molecule is CCCC(F)N1CN(c2ccc(Cl)cc2)C(=N)c2cn[nH]c21. The smallest absolute Gasteiger partial charge is 0.175 e. The molecule has 2 aromatic rings. The van der Waals surface area contributed by atoms with Crippen LogP contribution in [0.4, 0.5) is 15.9 Å². The zero-order chi connectivity index (χ0) is 15.7. The largest absolute Gasteiger partial charge is 0.308 e. The number of anilines is 2. The average molecular weight is 322 g/mol. The Hall–Kier alpha value is -2.08. The van der Waals surface area contributed by atoms with Gasteiger partial charge in [0.15, 0.2) is 6.30 Å². The third kappa shape index (κ3) is 2.54. The molecule has 0 spiro atoms. The summed E-state index contributed by atoms with van der Waals surface area (Å²) >= 11 is 5.91. The fourth-order valence-corrected chi connectivity index (χ4v) is 2.69. The number of nitrogens with zero attached hydrogens (tertiary/aromatic N) is 3. The monoisotopic (exact) mass is 321 g/mol. The molecule has 22 heavy (non-hydrogen) atoms. The van der Waals surface area contributed by atoms with E-state index in [2.05, 4.69) is 10.2 Å². The van der Waals surface area contributed by atoms with Crippen LogP contribution in [0.15, 0.2) is 30.5 Å². The molecular weight excluding hydrogens is 305 g/mol. The summed E-state index contributed by atoms with van der Waals surface area (Å²) in [6.07, 6.45) is 1.62. The molecule has 0 fully saturated rings. The summed E-state index contributed by atoms with van der Waals surface area (Å²) < 4.78 is 14.5. The van der Waals surface area contributed by atoms with E-state index < -0.39 is 6.30 Å². The van der Waals surface area contributed by atoms with E-state index in [1.807, 2.05) is 19.1 Å². The third-order valence-electron chi connectivity index (χ3n) is 3.73. The molecule has 2 N–H and O–H groups in total. The number of H-pyrrole nitrogens is 1. The maximum atomic E-state index is 14.5. The van der Waals surface area contributed by atoms with Crippen molar-refractivity contribution in [3.05, 3.63) is 41.0 Å². The van der Waals surface area contributed by atoms with Gasteiger partial charge >= 0.3 is 0 Å². The van der Waals surface area contributed by atoms with Crippen molar-refractivity contribution in [2.24, 2.45) is 0 Å². The van der Waals surface area contributed by atoms with E-state index >= 15 is 0 Å². The van der Waals surface area contributed by atoms with E-state index in [0.29, 0.717) is 28.7 Å². The lowest BCUT2D eigenvalue weighted by Gasteiger charge is -2.39. The molecule has 2 heterocycles. The number of benzene rings is 1. The van der Waals surface area contributed by atoms with Gasteiger partial charge in [-0.3, -0.25) is 10.5 Å². The molecule has 0 saturated heterocycles. The van der Waals surface area contributed by atoms with E-state index in [-0.39, 0.29) is 6.67 Å². The van der Waals surface area contributed by atoms with Crippen LogP contribution in [-0.2, 0) is 0 Å². The van der Waals surface area contributed by atoms with Crippen molar-refractivity contribution in [1.29, 1.82) is 5.41 Å². The number of aromatic amines is 1. The first kappa shape index (κ1) is 14.8. The van der Waals surface area contributed by atoms with Gasteiger partial charge < -0.3 is 9.80 Å². The van der Waals surface area contributed by atoms with Crippen LogP contribution >= 0.6 is 11.6 Å². The van der Waals surface area contributed by atoms with Crippen LogP contribution < -0.4 is 9.80 Å². The molecule has 5 nitrogen and oxygen atoms in total. The minimum atomic E-state index is -1.12. The van der Waals surface area contributed by atoms with E-state index in [4.69, 9.17) is 17.0 Å². The van der Waals surface area contributed by atoms with Crippen LogP contribution in [-0.4, -0.2) is 29.0 Å². The molecular formula is C15H17ClFN5. The highest BCUT2D eigenvalue weighted by molar-refractivity contribution is 6.30. The highest BCUT2D eigenvalue weighted by Gasteiger charge is 2.33. The van der Waals surface area contributed by atoms with Gasteiger partial charge in [-0.05, 0) is 30.7 Å². The number of aromatic nitrogens is 2. The minimum absolute atomic E-state index is 0.261. The van der Waals surface area contributed by atoms with Gasteiger partial charge in [-0.2, -0.15) is 5.10 Å². The molecule has 1 unspecified atom stereocenters. The second-order valence-electron chi connectivity index (χ2n) is 5.22. The van der Waals surface area contributed by atoms with Crippen LogP contribution in [0.2, 0.25) is 5.02 Å². The molecule has 0 bridgehead atoms. The van der Waals surface area contributed by atoms with E-state index in [1.54, 1.807) is 28.1 Å². The summed E-state index contributed by atoms with van der Waals surface area (Å²) in [5, 5.41) is 15.8. The molecule has 1 aliphatic rings. The summed E-state index contributed by atoms with van der Waals surface area (Å²) in [6.45, 7) is 2.21. The van der Waals surface area contributed by atoms with Gasteiger partial charge in [0.05, 0.1) is 11.8 Å². The van der Waals surface area contributed by atoms with Crippen molar-refractivity contribution in [2.45, 2.75) is 26.1 Å². The molecule has 116 valence electrons. The molecule has 0 radical (unpaired) electrons. The summed E-state index contributed by atoms with van der Waals surface area (Å²) in [7, 11) is 0. The Kier molecular flexibility index (Phi) is 4.02. The molecule has 1 aliphatic heterocycles. The second kappa shape index (κ2) is 5.96.